The molecule has 2 aromatic carbocycles. The molecule has 0 unspecified atom stereocenters. The molecular weight excluding hydrogens is 358 g/mol. The lowest BCUT2D eigenvalue weighted by atomic mass is 10.2. The van der Waals surface area contributed by atoms with Crippen LogP contribution in [0, 0.1) is 0 Å². The van der Waals surface area contributed by atoms with E-state index in [-0.39, 0.29) is 0 Å². The van der Waals surface area contributed by atoms with Crippen LogP contribution >= 0.6 is 27.7 Å². The predicted molar refractivity (Wildman–Crippen MR) is 85.7 cm³/mol. The van der Waals surface area contributed by atoms with Crippen LogP contribution in [-0.2, 0) is 16.4 Å². The minimum absolute atomic E-state index is 0.332. The van der Waals surface area contributed by atoms with E-state index in [0.717, 1.165) is 19.8 Å². The first-order valence-electron chi connectivity index (χ1n) is 5.86. The normalized spacial score (nSPS) is 11.6. The van der Waals surface area contributed by atoms with E-state index >= 15 is 0 Å². The Kier molecular flexibility index (Phi) is 4.90. The quantitative estimate of drug-likeness (QED) is 0.893. The maximum Gasteiger partial charge on any atom is 0.175 e. The molecule has 0 bridgehead atoms. The van der Waals surface area contributed by atoms with Gasteiger partial charge in [0.05, 0.1) is 4.90 Å². The van der Waals surface area contributed by atoms with Gasteiger partial charge in [0.25, 0.3) is 0 Å². The van der Waals surface area contributed by atoms with Gasteiger partial charge in [-0.05, 0) is 48.0 Å². The van der Waals surface area contributed by atoms with Crippen molar-refractivity contribution < 1.29 is 8.42 Å². The SMILES string of the molecule is CS(=O)(=O)c1ccc(Sc2cc(Br)cc(CN)c2)cc1. The Morgan fingerprint density at radius 1 is 1.10 bits per heavy atom. The summed E-state index contributed by atoms with van der Waals surface area (Å²) in [6.45, 7) is 0.486. The van der Waals surface area contributed by atoms with Gasteiger partial charge < -0.3 is 5.73 Å². The van der Waals surface area contributed by atoms with Crippen LogP contribution < -0.4 is 5.73 Å². The van der Waals surface area contributed by atoms with E-state index in [1.807, 2.05) is 30.3 Å². The molecule has 20 heavy (non-hydrogen) atoms. The zero-order valence-electron chi connectivity index (χ0n) is 10.8. The fourth-order valence-electron chi connectivity index (χ4n) is 1.69. The highest BCUT2D eigenvalue weighted by Gasteiger charge is 2.07. The molecule has 0 spiro atoms. The molecule has 0 saturated heterocycles. The van der Waals surface area contributed by atoms with Gasteiger partial charge in [0.15, 0.2) is 9.84 Å². The first kappa shape index (κ1) is 15.6. The molecule has 0 aliphatic carbocycles. The van der Waals surface area contributed by atoms with Gasteiger partial charge in [0.1, 0.15) is 0 Å². The molecule has 0 radical (unpaired) electrons. The van der Waals surface area contributed by atoms with Crippen LogP contribution in [-0.4, -0.2) is 14.7 Å². The lowest BCUT2D eigenvalue weighted by Gasteiger charge is -2.06. The third-order valence-corrected chi connectivity index (χ3v) is 5.22. The van der Waals surface area contributed by atoms with Crippen LogP contribution in [0.1, 0.15) is 5.56 Å². The van der Waals surface area contributed by atoms with Crippen LogP contribution in [0.2, 0.25) is 0 Å². The first-order valence-corrected chi connectivity index (χ1v) is 9.36. The van der Waals surface area contributed by atoms with Gasteiger partial charge in [0, 0.05) is 27.1 Å². The van der Waals surface area contributed by atoms with E-state index in [0.29, 0.717) is 11.4 Å². The summed E-state index contributed by atoms with van der Waals surface area (Å²) in [4.78, 5) is 2.38. The van der Waals surface area contributed by atoms with Crippen molar-refractivity contribution >= 4 is 37.5 Å². The van der Waals surface area contributed by atoms with Crippen LogP contribution in [0.3, 0.4) is 0 Å². The molecule has 0 amide bonds. The molecule has 2 aromatic rings. The molecular formula is C14H14BrNO2S2. The molecule has 0 saturated carbocycles. The summed E-state index contributed by atoms with van der Waals surface area (Å²) in [6, 6.07) is 12.9. The number of hydrogen-bond donors (Lipinski definition) is 1. The fourth-order valence-corrected chi connectivity index (χ4v) is 3.95. The largest absolute Gasteiger partial charge is 0.326 e. The summed E-state index contributed by atoms with van der Waals surface area (Å²) >= 11 is 5.03. The molecule has 0 aromatic heterocycles. The van der Waals surface area contributed by atoms with Crippen molar-refractivity contribution in [3.05, 3.63) is 52.5 Å². The highest BCUT2D eigenvalue weighted by Crippen LogP contribution is 2.31. The van der Waals surface area contributed by atoms with E-state index in [2.05, 4.69) is 15.9 Å². The average Bonchev–Trinajstić information content (AvgIpc) is 2.37. The number of hydrogen-bond acceptors (Lipinski definition) is 4. The standard InChI is InChI=1S/C14H14BrNO2S2/c1-20(17,18)14-4-2-12(3-5-14)19-13-7-10(9-16)6-11(15)8-13/h2-8H,9,16H2,1H3. The van der Waals surface area contributed by atoms with Crippen LogP contribution in [0.15, 0.2) is 61.6 Å². The number of benzene rings is 2. The Hall–Kier alpha value is -0.820. The van der Waals surface area contributed by atoms with E-state index in [1.165, 1.54) is 6.26 Å². The summed E-state index contributed by atoms with van der Waals surface area (Å²) in [7, 11) is -3.14. The van der Waals surface area contributed by atoms with E-state index in [9.17, 15) is 8.42 Å². The zero-order chi connectivity index (χ0) is 14.8. The third kappa shape index (κ3) is 4.09. The van der Waals surface area contributed by atoms with Gasteiger partial charge in [0.2, 0.25) is 0 Å². The van der Waals surface area contributed by atoms with Gasteiger partial charge in [-0.2, -0.15) is 0 Å². The fraction of sp³-hybridized carbons (Fsp3) is 0.143. The van der Waals surface area contributed by atoms with Gasteiger partial charge in [-0.25, -0.2) is 8.42 Å². The molecule has 0 aliphatic rings. The highest BCUT2D eigenvalue weighted by atomic mass is 79.9. The minimum atomic E-state index is -3.14. The summed E-state index contributed by atoms with van der Waals surface area (Å²) in [5, 5.41) is 0. The molecule has 6 heteroatoms. The van der Waals surface area contributed by atoms with Crippen molar-refractivity contribution in [2.24, 2.45) is 5.73 Å². The number of rotatable bonds is 4. The number of sulfone groups is 1. The summed E-state index contributed by atoms with van der Waals surface area (Å²) in [6.07, 6.45) is 1.21. The van der Waals surface area contributed by atoms with Crippen molar-refractivity contribution in [3.63, 3.8) is 0 Å². The van der Waals surface area contributed by atoms with Gasteiger partial charge in [-0.1, -0.05) is 27.7 Å². The van der Waals surface area contributed by atoms with Crippen molar-refractivity contribution in [3.8, 4) is 0 Å². The molecule has 0 aliphatic heterocycles. The zero-order valence-corrected chi connectivity index (χ0v) is 14.1. The second-order valence-corrected chi connectivity index (χ2v) is 8.42. The Morgan fingerprint density at radius 3 is 2.30 bits per heavy atom. The summed E-state index contributed by atoms with van der Waals surface area (Å²) < 4.78 is 23.8. The second-order valence-electron chi connectivity index (χ2n) is 4.34. The van der Waals surface area contributed by atoms with E-state index in [4.69, 9.17) is 5.73 Å². The number of nitrogens with two attached hydrogens (primary N) is 1. The molecule has 0 fully saturated rings. The van der Waals surface area contributed by atoms with Gasteiger partial charge in [-0.15, -0.1) is 0 Å². The Balaban J connectivity index is 2.24. The Bertz CT molecular complexity index is 712. The maximum absolute atomic E-state index is 11.4. The van der Waals surface area contributed by atoms with Crippen LogP contribution in [0.5, 0.6) is 0 Å². The monoisotopic (exact) mass is 371 g/mol. The molecule has 2 N–H and O–H groups in total. The lowest BCUT2D eigenvalue weighted by molar-refractivity contribution is 0.602. The van der Waals surface area contributed by atoms with E-state index < -0.39 is 9.84 Å². The van der Waals surface area contributed by atoms with Crippen molar-refractivity contribution in [2.45, 2.75) is 21.2 Å². The number of halogens is 1. The van der Waals surface area contributed by atoms with Gasteiger partial charge >= 0.3 is 0 Å². The Labute approximate surface area is 131 Å². The van der Waals surface area contributed by atoms with Crippen LogP contribution in [0.4, 0.5) is 0 Å². The predicted octanol–water partition coefficient (Wildman–Crippen LogP) is 3.46. The maximum atomic E-state index is 11.4. The minimum Gasteiger partial charge on any atom is -0.326 e. The molecule has 2 rings (SSSR count). The van der Waals surface area contributed by atoms with E-state index in [1.54, 1.807) is 23.9 Å². The van der Waals surface area contributed by atoms with Crippen molar-refractivity contribution in [1.29, 1.82) is 0 Å². The molecule has 106 valence electrons. The lowest BCUT2D eigenvalue weighted by Crippen LogP contribution is -1.96. The Morgan fingerprint density at radius 2 is 1.75 bits per heavy atom. The summed E-state index contributed by atoms with van der Waals surface area (Å²) in [5.74, 6) is 0. The van der Waals surface area contributed by atoms with Gasteiger partial charge in [-0.3, -0.25) is 0 Å². The van der Waals surface area contributed by atoms with Crippen molar-refractivity contribution in [2.75, 3.05) is 6.26 Å². The average molecular weight is 372 g/mol. The third-order valence-electron chi connectivity index (χ3n) is 2.65. The second kappa shape index (κ2) is 6.30. The highest BCUT2D eigenvalue weighted by molar-refractivity contribution is 9.10. The molecule has 3 nitrogen and oxygen atoms in total. The summed E-state index contributed by atoms with van der Waals surface area (Å²) in [5.41, 5.74) is 6.70. The molecule has 0 atom stereocenters. The molecule has 0 heterocycles. The smallest absolute Gasteiger partial charge is 0.175 e. The topological polar surface area (TPSA) is 60.2 Å². The first-order chi connectivity index (χ1) is 9.38. The van der Waals surface area contributed by atoms with Crippen molar-refractivity contribution in [1.82, 2.24) is 0 Å². The van der Waals surface area contributed by atoms with Crippen LogP contribution in [0.25, 0.3) is 0 Å².